The number of nitrogens with two attached hydrogens (primary N) is 1. The summed E-state index contributed by atoms with van der Waals surface area (Å²) in [4.78, 5) is 0. The molecule has 2 nitrogen and oxygen atoms in total. The molecule has 0 aromatic rings. The van der Waals surface area contributed by atoms with Crippen LogP contribution in [0.15, 0.2) is 0 Å². The van der Waals surface area contributed by atoms with Gasteiger partial charge < -0.3 is 11.1 Å². The zero-order valence-electron chi connectivity index (χ0n) is 9.34. The van der Waals surface area contributed by atoms with Crippen molar-refractivity contribution in [3.8, 4) is 0 Å². The Balaban J connectivity index is 1.66. The van der Waals surface area contributed by atoms with E-state index in [1.54, 1.807) is 0 Å². The molecule has 0 amide bonds. The van der Waals surface area contributed by atoms with Gasteiger partial charge in [0.2, 0.25) is 0 Å². The van der Waals surface area contributed by atoms with Crippen molar-refractivity contribution in [2.45, 2.75) is 57.5 Å². The van der Waals surface area contributed by atoms with Crippen LogP contribution in [0.1, 0.15) is 45.4 Å². The van der Waals surface area contributed by atoms with Crippen LogP contribution < -0.4 is 11.1 Å². The molecular formula is C12H24N2. The van der Waals surface area contributed by atoms with Crippen molar-refractivity contribution in [2.24, 2.45) is 17.6 Å². The smallest absolute Gasteiger partial charge is 0.0165 e. The van der Waals surface area contributed by atoms with Crippen molar-refractivity contribution in [1.82, 2.24) is 5.32 Å². The zero-order valence-corrected chi connectivity index (χ0v) is 9.34. The maximum atomic E-state index is 6.01. The quantitative estimate of drug-likeness (QED) is 0.652. The fraction of sp³-hybridized carbons (Fsp3) is 1.00. The molecule has 2 fully saturated rings. The van der Waals surface area contributed by atoms with Gasteiger partial charge in [-0.25, -0.2) is 0 Å². The van der Waals surface area contributed by atoms with Crippen LogP contribution in [0.25, 0.3) is 0 Å². The Morgan fingerprint density at radius 1 is 1.21 bits per heavy atom. The zero-order chi connectivity index (χ0) is 9.97. The van der Waals surface area contributed by atoms with Crippen molar-refractivity contribution < 1.29 is 0 Å². The Hall–Kier alpha value is -0.0800. The van der Waals surface area contributed by atoms with Gasteiger partial charge in [-0.05, 0) is 43.9 Å². The summed E-state index contributed by atoms with van der Waals surface area (Å²) >= 11 is 0. The average molecular weight is 196 g/mol. The number of nitrogens with one attached hydrogen (secondary N) is 1. The molecule has 0 aromatic carbocycles. The average Bonchev–Trinajstić information content (AvgIpc) is 3.01. The first kappa shape index (κ1) is 10.4. The number of hydrogen-bond acceptors (Lipinski definition) is 2. The van der Waals surface area contributed by atoms with Crippen LogP contribution in [0, 0.1) is 11.8 Å². The van der Waals surface area contributed by atoms with Crippen LogP contribution in [-0.4, -0.2) is 18.6 Å². The maximum Gasteiger partial charge on any atom is 0.0165 e. The van der Waals surface area contributed by atoms with Gasteiger partial charge in [0.05, 0.1) is 0 Å². The van der Waals surface area contributed by atoms with E-state index in [2.05, 4.69) is 12.2 Å². The standard InChI is InChI=1S/C12H24N2/c1-2-3-11(13)8-14-12(9-4-5-9)10-6-7-10/h9-12,14H,2-8,13H2,1H3. The SMILES string of the molecule is CCCC(N)CNC(C1CC1)C1CC1. The van der Waals surface area contributed by atoms with Crippen LogP contribution in [-0.2, 0) is 0 Å². The summed E-state index contributed by atoms with van der Waals surface area (Å²) in [6.07, 6.45) is 8.19. The van der Waals surface area contributed by atoms with Crippen molar-refractivity contribution >= 4 is 0 Å². The lowest BCUT2D eigenvalue weighted by atomic mass is 10.1. The van der Waals surface area contributed by atoms with Gasteiger partial charge in [-0.3, -0.25) is 0 Å². The van der Waals surface area contributed by atoms with E-state index in [9.17, 15) is 0 Å². The van der Waals surface area contributed by atoms with E-state index in [-0.39, 0.29) is 0 Å². The summed E-state index contributed by atoms with van der Waals surface area (Å²) in [5, 5.41) is 3.70. The molecule has 1 unspecified atom stereocenters. The first-order valence-electron chi connectivity index (χ1n) is 6.30. The summed E-state index contributed by atoms with van der Waals surface area (Å²) in [7, 11) is 0. The van der Waals surface area contributed by atoms with Crippen LogP contribution in [0.4, 0.5) is 0 Å². The lowest BCUT2D eigenvalue weighted by molar-refractivity contribution is 0.394. The normalized spacial score (nSPS) is 24.2. The Bertz CT molecular complexity index is 161. The van der Waals surface area contributed by atoms with E-state index in [0.717, 1.165) is 30.8 Å². The molecule has 2 aliphatic carbocycles. The van der Waals surface area contributed by atoms with Crippen LogP contribution in [0.5, 0.6) is 0 Å². The second-order valence-corrected chi connectivity index (χ2v) is 5.16. The topological polar surface area (TPSA) is 38.0 Å². The highest BCUT2D eigenvalue weighted by molar-refractivity contribution is 4.96. The molecule has 1 atom stereocenters. The fourth-order valence-electron chi connectivity index (χ4n) is 2.39. The second-order valence-electron chi connectivity index (χ2n) is 5.16. The first-order valence-corrected chi connectivity index (χ1v) is 6.30. The molecule has 0 radical (unpaired) electrons. The summed E-state index contributed by atoms with van der Waals surface area (Å²) in [5.41, 5.74) is 6.01. The summed E-state index contributed by atoms with van der Waals surface area (Å²) in [6.45, 7) is 3.24. The molecule has 82 valence electrons. The van der Waals surface area contributed by atoms with Crippen LogP contribution in [0.2, 0.25) is 0 Å². The molecular weight excluding hydrogens is 172 g/mol. The van der Waals surface area contributed by atoms with Crippen LogP contribution in [0.3, 0.4) is 0 Å². The molecule has 14 heavy (non-hydrogen) atoms. The Morgan fingerprint density at radius 3 is 2.21 bits per heavy atom. The van der Waals surface area contributed by atoms with Crippen LogP contribution >= 0.6 is 0 Å². The first-order chi connectivity index (χ1) is 6.81. The van der Waals surface area contributed by atoms with E-state index in [4.69, 9.17) is 5.73 Å². The van der Waals surface area contributed by atoms with Crippen molar-refractivity contribution in [3.05, 3.63) is 0 Å². The Kier molecular flexibility index (Phi) is 3.45. The van der Waals surface area contributed by atoms with Gasteiger partial charge in [0.15, 0.2) is 0 Å². The van der Waals surface area contributed by atoms with Crippen molar-refractivity contribution in [1.29, 1.82) is 0 Å². The molecule has 2 saturated carbocycles. The lowest BCUT2D eigenvalue weighted by Crippen LogP contribution is -2.41. The predicted octanol–water partition coefficient (Wildman–Crippen LogP) is 1.89. The third-order valence-corrected chi connectivity index (χ3v) is 3.53. The molecule has 2 rings (SSSR count). The van der Waals surface area contributed by atoms with E-state index in [1.165, 1.54) is 32.1 Å². The minimum absolute atomic E-state index is 0.375. The molecule has 0 bridgehead atoms. The van der Waals surface area contributed by atoms with E-state index in [0.29, 0.717) is 6.04 Å². The highest BCUT2D eigenvalue weighted by Gasteiger charge is 2.40. The molecule has 0 aromatic heterocycles. The summed E-state index contributed by atoms with van der Waals surface area (Å²) in [6, 6.07) is 1.19. The van der Waals surface area contributed by atoms with E-state index < -0.39 is 0 Å². The largest absolute Gasteiger partial charge is 0.327 e. The number of rotatable bonds is 7. The van der Waals surface area contributed by atoms with Gasteiger partial charge >= 0.3 is 0 Å². The molecule has 2 heteroatoms. The van der Waals surface area contributed by atoms with Gasteiger partial charge in [-0.15, -0.1) is 0 Å². The maximum absolute atomic E-state index is 6.01. The summed E-state index contributed by atoms with van der Waals surface area (Å²) < 4.78 is 0. The van der Waals surface area contributed by atoms with Gasteiger partial charge in [0.1, 0.15) is 0 Å². The molecule has 3 N–H and O–H groups in total. The van der Waals surface area contributed by atoms with Gasteiger partial charge in [-0.1, -0.05) is 13.3 Å². The second kappa shape index (κ2) is 4.63. The Morgan fingerprint density at radius 2 is 1.79 bits per heavy atom. The minimum atomic E-state index is 0.375. The highest BCUT2D eigenvalue weighted by Crippen LogP contribution is 2.44. The third kappa shape index (κ3) is 2.96. The van der Waals surface area contributed by atoms with E-state index in [1.807, 2.05) is 0 Å². The summed E-state index contributed by atoms with van der Waals surface area (Å²) in [5.74, 6) is 1.99. The lowest BCUT2D eigenvalue weighted by Gasteiger charge is -2.20. The van der Waals surface area contributed by atoms with Gasteiger partial charge in [0.25, 0.3) is 0 Å². The van der Waals surface area contributed by atoms with Gasteiger partial charge in [-0.2, -0.15) is 0 Å². The molecule has 0 saturated heterocycles. The monoisotopic (exact) mass is 196 g/mol. The highest BCUT2D eigenvalue weighted by atomic mass is 15.0. The van der Waals surface area contributed by atoms with Crippen molar-refractivity contribution in [2.75, 3.05) is 6.54 Å². The molecule has 0 heterocycles. The Labute approximate surface area is 87.6 Å². The molecule has 2 aliphatic rings. The van der Waals surface area contributed by atoms with Crippen molar-refractivity contribution in [3.63, 3.8) is 0 Å². The number of hydrogen-bond donors (Lipinski definition) is 2. The predicted molar refractivity (Wildman–Crippen MR) is 60.1 cm³/mol. The van der Waals surface area contributed by atoms with E-state index >= 15 is 0 Å². The minimum Gasteiger partial charge on any atom is -0.327 e. The van der Waals surface area contributed by atoms with Gasteiger partial charge in [0, 0.05) is 18.6 Å². The molecule has 0 aliphatic heterocycles. The molecule has 0 spiro atoms. The third-order valence-electron chi connectivity index (χ3n) is 3.53. The fourth-order valence-corrected chi connectivity index (χ4v) is 2.39.